The van der Waals surface area contributed by atoms with Gasteiger partial charge in [-0.2, -0.15) is 0 Å². The van der Waals surface area contributed by atoms with Crippen LogP contribution < -0.4 is 9.62 Å². The van der Waals surface area contributed by atoms with Crippen molar-refractivity contribution in [2.75, 3.05) is 10.8 Å². The average Bonchev–Trinajstić information content (AvgIpc) is 2.92. The highest BCUT2D eigenvalue weighted by molar-refractivity contribution is 9.10. The summed E-state index contributed by atoms with van der Waals surface area (Å²) in [6, 6.07) is 18.7. The molecule has 39 heavy (non-hydrogen) atoms. The van der Waals surface area contributed by atoms with E-state index in [1.807, 2.05) is 38.1 Å². The number of sulfonamides is 1. The normalized spacial score (nSPS) is 12.9. The van der Waals surface area contributed by atoms with Gasteiger partial charge in [-0.1, -0.05) is 82.5 Å². The molecule has 0 saturated heterocycles. The van der Waals surface area contributed by atoms with Gasteiger partial charge in [-0.05, 0) is 62.2 Å². The quantitative estimate of drug-likeness (QED) is 0.264. The second-order valence-corrected chi connectivity index (χ2v) is 12.6. The average molecular weight is 655 g/mol. The molecule has 1 N–H and O–H groups in total. The number of carbonyl (C=O) groups excluding carboxylic acids is 2. The molecule has 7 nitrogen and oxygen atoms in total. The number of nitrogens with one attached hydrogen (secondary N) is 1. The van der Waals surface area contributed by atoms with E-state index < -0.39 is 28.5 Å². The van der Waals surface area contributed by atoms with E-state index in [2.05, 4.69) is 21.2 Å². The molecule has 3 aromatic rings. The predicted octanol–water partition coefficient (Wildman–Crippen LogP) is 6.28. The Morgan fingerprint density at radius 3 is 2.28 bits per heavy atom. The van der Waals surface area contributed by atoms with Crippen LogP contribution in [0.1, 0.15) is 32.8 Å². The summed E-state index contributed by atoms with van der Waals surface area (Å²) in [4.78, 5) is 28.4. The van der Waals surface area contributed by atoms with Crippen LogP contribution in [0.15, 0.2) is 82.2 Å². The van der Waals surface area contributed by atoms with E-state index >= 15 is 0 Å². The van der Waals surface area contributed by atoms with Crippen molar-refractivity contribution in [1.82, 2.24) is 10.2 Å². The van der Waals surface area contributed by atoms with Gasteiger partial charge in [0.15, 0.2) is 0 Å². The van der Waals surface area contributed by atoms with Crippen molar-refractivity contribution >= 4 is 66.7 Å². The van der Waals surface area contributed by atoms with Crippen molar-refractivity contribution in [3.05, 3.63) is 92.9 Å². The van der Waals surface area contributed by atoms with Gasteiger partial charge in [0.2, 0.25) is 11.8 Å². The number of carbonyl (C=O) groups is 2. The standard InChI is InChI=1S/C28H30BrCl2N3O4S/c1-4-19(2)32-28(36)20(3)33(17-21-10-8-11-22(29)16-21)26(35)18-34(25-15-9-14-24(30)27(25)31)39(37,38)23-12-6-5-7-13-23/h5-16,19-20H,4,17-18H2,1-3H3,(H,32,36)/t19-,20+/m0/s1. The fraction of sp³-hybridized carbons (Fsp3) is 0.286. The predicted molar refractivity (Wildman–Crippen MR) is 159 cm³/mol. The molecule has 0 saturated carbocycles. The summed E-state index contributed by atoms with van der Waals surface area (Å²) in [6.07, 6.45) is 0.717. The lowest BCUT2D eigenvalue weighted by molar-refractivity contribution is -0.139. The molecule has 0 aliphatic rings. The number of anilines is 1. The number of nitrogens with zero attached hydrogens (tertiary/aromatic N) is 2. The largest absolute Gasteiger partial charge is 0.352 e. The van der Waals surface area contributed by atoms with Gasteiger partial charge in [-0.3, -0.25) is 13.9 Å². The van der Waals surface area contributed by atoms with Gasteiger partial charge in [0.05, 0.1) is 20.6 Å². The zero-order valence-electron chi connectivity index (χ0n) is 21.8. The smallest absolute Gasteiger partial charge is 0.264 e. The first-order valence-corrected chi connectivity index (χ1v) is 15.3. The minimum absolute atomic E-state index is 0.00688. The number of benzene rings is 3. The number of hydrogen-bond donors (Lipinski definition) is 1. The number of rotatable bonds is 11. The van der Waals surface area contributed by atoms with Crippen molar-refractivity contribution in [3.63, 3.8) is 0 Å². The first-order valence-electron chi connectivity index (χ1n) is 12.3. The number of hydrogen-bond acceptors (Lipinski definition) is 4. The zero-order valence-corrected chi connectivity index (χ0v) is 25.7. The van der Waals surface area contributed by atoms with E-state index in [-0.39, 0.29) is 39.1 Å². The molecule has 3 rings (SSSR count). The highest BCUT2D eigenvalue weighted by atomic mass is 79.9. The molecule has 0 fully saturated rings. The van der Waals surface area contributed by atoms with Crippen molar-refractivity contribution in [2.24, 2.45) is 0 Å². The Bertz CT molecular complexity index is 1420. The summed E-state index contributed by atoms with van der Waals surface area (Å²) in [5.74, 6) is -0.928. The summed E-state index contributed by atoms with van der Waals surface area (Å²) in [5, 5.41) is 3.04. The maximum Gasteiger partial charge on any atom is 0.264 e. The third-order valence-electron chi connectivity index (χ3n) is 6.22. The molecule has 2 atom stereocenters. The Morgan fingerprint density at radius 1 is 0.974 bits per heavy atom. The molecule has 2 amide bonds. The van der Waals surface area contributed by atoms with Gasteiger partial charge in [0.25, 0.3) is 10.0 Å². The Hall–Kier alpha value is -2.59. The molecule has 0 spiro atoms. The highest BCUT2D eigenvalue weighted by Crippen LogP contribution is 2.35. The van der Waals surface area contributed by atoms with E-state index in [1.165, 1.54) is 29.2 Å². The number of amides is 2. The second kappa shape index (κ2) is 13.7. The summed E-state index contributed by atoms with van der Waals surface area (Å²) in [6.45, 7) is 4.92. The Labute approximate surface area is 248 Å². The first kappa shape index (κ1) is 30.9. The fourth-order valence-corrected chi connectivity index (χ4v) is 6.14. The molecule has 0 radical (unpaired) electrons. The molecular formula is C28H30BrCl2N3O4S. The Kier molecular flexibility index (Phi) is 10.8. The zero-order chi connectivity index (χ0) is 28.7. The van der Waals surface area contributed by atoms with E-state index in [0.717, 1.165) is 14.3 Å². The van der Waals surface area contributed by atoms with Crippen LogP contribution in [0.3, 0.4) is 0 Å². The molecule has 11 heteroatoms. The van der Waals surface area contributed by atoms with Crippen molar-refractivity contribution in [2.45, 2.75) is 50.7 Å². The lowest BCUT2D eigenvalue weighted by atomic mass is 10.1. The van der Waals surface area contributed by atoms with Gasteiger partial charge in [0, 0.05) is 17.1 Å². The van der Waals surface area contributed by atoms with Gasteiger partial charge in [0.1, 0.15) is 12.6 Å². The van der Waals surface area contributed by atoms with E-state index in [1.54, 1.807) is 31.2 Å². The molecule has 0 unspecified atom stereocenters. The molecular weight excluding hydrogens is 625 g/mol. The lowest BCUT2D eigenvalue weighted by Gasteiger charge is -2.32. The molecule has 3 aromatic carbocycles. The van der Waals surface area contributed by atoms with Crippen LogP contribution in [0.4, 0.5) is 5.69 Å². The first-order chi connectivity index (χ1) is 18.4. The molecule has 0 bridgehead atoms. The molecule has 0 aliphatic carbocycles. The summed E-state index contributed by atoms with van der Waals surface area (Å²) < 4.78 is 29.4. The van der Waals surface area contributed by atoms with Gasteiger partial charge in [-0.15, -0.1) is 0 Å². The topological polar surface area (TPSA) is 86.8 Å². The van der Waals surface area contributed by atoms with Crippen LogP contribution in [-0.4, -0.2) is 43.8 Å². The monoisotopic (exact) mass is 653 g/mol. The molecule has 0 aromatic heterocycles. The fourth-order valence-electron chi connectivity index (χ4n) is 3.80. The molecule has 208 valence electrons. The summed E-state index contributed by atoms with van der Waals surface area (Å²) in [5.41, 5.74) is 0.819. The molecule has 0 aliphatic heterocycles. The SMILES string of the molecule is CC[C@H](C)NC(=O)[C@@H](C)N(Cc1cccc(Br)c1)C(=O)CN(c1cccc(Cl)c1Cl)S(=O)(=O)c1ccccc1. The van der Waals surface area contributed by atoms with Gasteiger partial charge < -0.3 is 10.2 Å². The summed E-state index contributed by atoms with van der Waals surface area (Å²) in [7, 11) is -4.24. The third kappa shape index (κ3) is 7.75. The van der Waals surface area contributed by atoms with Crippen molar-refractivity contribution in [3.8, 4) is 0 Å². The van der Waals surface area contributed by atoms with Crippen LogP contribution in [0.2, 0.25) is 10.0 Å². The Morgan fingerprint density at radius 2 is 1.64 bits per heavy atom. The van der Waals surface area contributed by atoms with Crippen LogP contribution in [-0.2, 0) is 26.2 Å². The van der Waals surface area contributed by atoms with Crippen LogP contribution in [0.5, 0.6) is 0 Å². The lowest BCUT2D eigenvalue weighted by Crippen LogP contribution is -2.52. The Balaban J connectivity index is 2.06. The minimum atomic E-state index is -4.24. The van der Waals surface area contributed by atoms with E-state index in [0.29, 0.717) is 6.42 Å². The van der Waals surface area contributed by atoms with Crippen molar-refractivity contribution < 1.29 is 18.0 Å². The van der Waals surface area contributed by atoms with E-state index in [4.69, 9.17) is 23.2 Å². The maximum absolute atomic E-state index is 13.9. The summed E-state index contributed by atoms with van der Waals surface area (Å²) >= 11 is 16.1. The van der Waals surface area contributed by atoms with Crippen LogP contribution in [0.25, 0.3) is 0 Å². The van der Waals surface area contributed by atoms with Crippen molar-refractivity contribution in [1.29, 1.82) is 0 Å². The highest BCUT2D eigenvalue weighted by Gasteiger charge is 2.33. The minimum Gasteiger partial charge on any atom is -0.352 e. The third-order valence-corrected chi connectivity index (χ3v) is 9.30. The number of halogens is 3. The molecule has 0 heterocycles. The second-order valence-electron chi connectivity index (χ2n) is 9.04. The van der Waals surface area contributed by atoms with Crippen LogP contribution >= 0.6 is 39.1 Å². The van der Waals surface area contributed by atoms with Gasteiger partial charge >= 0.3 is 0 Å². The maximum atomic E-state index is 13.9. The van der Waals surface area contributed by atoms with E-state index in [9.17, 15) is 18.0 Å². The van der Waals surface area contributed by atoms with Gasteiger partial charge in [-0.25, -0.2) is 8.42 Å². The van der Waals surface area contributed by atoms with Crippen LogP contribution in [0, 0.1) is 0 Å².